The number of benzene rings is 1. The van der Waals surface area contributed by atoms with E-state index in [1.807, 2.05) is 6.07 Å². The molecule has 0 aliphatic heterocycles. The lowest BCUT2D eigenvalue weighted by Crippen LogP contribution is -2.24. The lowest BCUT2D eigenvalue weighted by Gasteiger charge is -2.10. The molecule has 1 N–H and O–H groups in total. The number of anilines is 1. The van der Waals surface area contributed by atoms with Gasteiger partial charge in [-0.1, -0.05) is 15.9 Å². The van der Waals surface area contributed by atoms with Gasteiger partial charge in [0.05, 0.1) is 17.3 Å². The van der Waals surface area contributed by atoms with Gasteiger partial charge in [-0.15, -0.1) is 0 Å². The van der Waals surface area contributed by atoms with Crippen molar-refractivity contribution in [1.29, 1.82) is 10.5 Å². The van der Waals surface area contributed by atoms with Crippen LogP contribution in [0.3, 0.4) is 0 Å². The van der Waals surface area contributed by atoms with Crippen molar-refractivity contribution in [2.75, 3.05) is 4.72 Å². The molecular weight excluding hydrogens is 306 g/mol. The number of hydrogen-bond acceptors (Lipinski definition) is 4. The standard InChI is InChI=1S/C10H8BrN3O2S/c1-7(5-12)17(15,16)14-10-4-9(11)3-2-8(10)6-13/h2-4,7,14H,1H3. The summed E-state index contributed by atoms with van der Waals surface area (Å²) in [6.45, 7) is 1.27. The number of rotatable bonds is 3. The monoisotopic (exact) mass is 313 g/mol. The molecule has 5 nitrogen and oxygen atoms in total. The summed E-state index contributed by atoms with van der Waals surface area (Å²) in [5.41, 5.74) is 0.353. The van der Waals surface area contributed by atoms with Gasteiger partial charge in [0.25, 0.3) is 0 Å². The van der Waals surface area contributed by atoms with Crippen LogP contribution in [-0.2, 0) is 10.0 Å². The first-order valence-corrected chi connectivity index (χ1v) is 6.85. The lowest BCUT2D eigenvalue weighted by atomic mass is 10.2. The minimum absolute atomic E-state index is 0.156. The maximum Gasteiger partial charge on any atom is 0.248 e. The third kappa shape index (κ3) is 3.19. The molecule has 0 saturated heterocycles. The molecule has 0 saturated carbocycles. The fraction of sp³-hybridized carbons (Fsp3) is 0.200. The van der Waals surface area contributed by atoms with Crippen LogP contribution in [-0.4, -0.2) is 13.7 Å². The molecule has 1 aromatic carbocycles. The molecule has 1 unspecified atom stereocenters. The Morgan fingerprint density at radius 3 is 2.59 bits per heavy atom. The van der Waals surface area contributed by atoms with E-state index in [1.165, 1.54) is 19.1 Å². The van der Waals surface area contributed by atoms with Gasteiger partial charge in [-0.3, -0.25) is 4.72 Å². The quantitative estimate of drug-likeness (QED) is 0.923. The van der Waals surface area contributed by atoms with E-state index in [0.29, 0.717) is 4.47 Å². The third-order valence-electron chi connectivity index (χ3n) is 2.00. The van der Waals surface area contributed by atoms with Crippen LogP contribution >= 0.6 is 15.9 Å². The van der Waals surface area contributed by atoms with Crippen LogP contribution < -0.4 is 4.72 Å². The summed E-state index contributed by atoms with van der Waals surface area (Å²) < 4.78 is 26.2. The van der Waals surface area contributed by atoms with Crippen molar-refractivity contribution in [3.63, 3.8) is 0 Å². The van der Waals surface area contributed by atoms with Gasteiger partial charge >= 0.3 is 0 Å². The van der Waals surface area contributed by atoms with Crippen molar-refractivity contribution in [3.05, 3.63) is 28.2 Å². The molecule has 0 fully saturated rings. The van der Waals surface area contributed by atoms with Gasteiger partial charge in [0.1, 0.15) is 6.07 Å². The molecule has 0 aliphatic rings. The molecular formula is C10H8BrN3O2S. The van der Waals surface area contributed by atoms with E-state index in [4.69, 9.17) is 10.5 Å². The zero-order valence-electron chi connectivity index (χ0n) is 8.81. The highest BCUT2D eigenvalue weighted by Crippen LogP contribution is 2.22. The molecule has 0 aromatic heterocycles. The Hall–Kier alpha value is -1.57. The van der Waals surface area contributed by atoms with E-state index in [9.17, 15) is 8.42 Å². The Morgan fingerprint density at radius 1 is 1.41 bits per heavy atom. The largest absolute Gasteiger partial charge is 0.281 e. The lowest BCUT2D eigenvalue weighted by molar-refractivity contribution is 0.597. The van der Waals surface area contributed by atoms with Gasteiger partial charge in [0, 0.05) is 4.47 Å². The molecule has 7 heteroatoms. The van der Waals surface area contributed by atoms with E-state index < -0.39 is 15.3 Å². The molecule has 0 spiro atoms. The molecule has 1 atom stereocenters. The molecule has 0 amide bonds. The Kier molecular flexibility index (Phi) is 4.11. The van der Waals surface area contributed by atoms with Crippen molar-refractivity contribution in [1.82, 2.24) is 0 Å². The zero-order chi connectivity index (χ0) is 13.1. The highest BCUT2D eigenvalue weighted by Gasteiger charge is 2.21. The maximum absolute atomic E-state index is 11.7. The number of nitrogens with zero attached hydrogens (tertiary/aromatic N) is 2. The topological polar surface area (TPSA) is 93.8 Å². The Bertz CT molecular complexity index is 613. The number of nitriles is 2. The van der Waals surface area contributed by atoms with Crippen molar-refractivity contribution >= 4 is 31.6 Å². The van der Waals surface area contributed by atoms with Crippen LogP contribution in [0.2, 0.25) is 0 Å². The van der Waals surface area contributed by atoms with E-state index in [0.717, 1.165) is 0 Å². The van der Waals surface area contributed by atoms with E-state index in [1.54, 1.807) is 12.1 Å². The maximum atomic E-state index is 11.7. The molecule has 88 valence electrons. The predicted octanol–water partition coefficient (Wildman–Crippen LogP) is 1.97. The second kappa shape index (κ2) is 5.17. The first-order valence-electron chi connectivity index (χ1n) is 4.51. The number of halogens is 1. The van der Waals surface area contributed by atoms with Gasteiger partial charge in [-0.05, 0) is 25.1 Å². The fourth-order valence-corrected chi connectivity index (χ4v) is 2.16. The summed E-state index contributed by atoms with van der Waals surface area (Å²) >= 11 is 3.18. The summed E-state index contributed by atoms with van der Waals surface area (Å²) in [4.78, 5) is 0. The van der Waals surface area contributed by atoms with Crippen molar-refractivity contribution < 1.29 is 8.42 Å². The molecule has 1 aromatic rings. The average Bonchev–Trinajstić information content (AvgIpc) is 2.27. The summed E-state index contributed by atoms with van der Waals surface area (Å²) in [5, 5.41) is 16.2. The highest BCUT2D eigenvalue weighted by atomic mass is 79.9. The summed E-state index contributed by atoms with van der Waals surface area (Å²) in [5.74, 6) is 0. The van der Waals surface area contributed by atoms with Crippen molar-refractivity contribution in [2.45, 2.75) is 12.2 Å². The molecule has 17 heavy (non-hydrogen) atoms. The van der Waals surface area contributed by atoms with Gasteiger partial charge in [0.2, 0.25) is 10.0 Å². The average molecular weight is 314 g/mol. The number of nitrogens with one attached hydrogen (secondary N) is 1. The number of sulfonamides is 1. The molecule has 0 bridgehead atoms. The smallest absolute Gasteiger partial charge is 0.248 e. The fourth-order valence-electron chi connectivity index (χ4n) is 1.01. The SMILES string of the molecule is CC(C#N)S(=O)(=O)Nc1cc(Br)ccc1C#N. The van der Waals surface area contributed by atoms with Crippen LogP contribution in [0, 0.1) is 22.7 Å². The van der Waals surface area contributed by atoms with Gasteiger partial charge < -0.3 is 0 Å². The predicted molar refractivity (Wildman–Crippen MR) is 66.5 cm³/mol. The van der Waals surface area contributed by atoms with Crippen molar-refractivity contribution in [3.8, 4) is 12.1 Å². The minimum Gasteiger partial charge on any atom is -0.281 e. The van der Waals surface area contributed by atoms with Crippen LogP contribution in [0.4, 0.5) is 5.69 Å². The zero-order valence-corrected chi connectivity index (χ0v) is 11.2. The van der Waals surface area contributed by atoms with Gasteiger partial charge in [-0.2, -0.15) is 10.5 Å². The summed E-state index contributed by atoms with van der Waals surface area (Å²) in [6, 6.07) is 8.09. The first-order chi connectivity index (χ1) is 7.90. The molecule has 0 heterocycles. The Balaban J connectivity index is 3.17. The minimum atomic E-state index is -3.80. The van der Waals surface area contributed by atoms with E-state index in [2.05, 4.69) is 20.7 Å². The van der Waals surface area contributed by atoms with Gasteiger partial charge in [0.15, 0.2) is 5.25 Å². The second-order valence-electron chi connectivity index (χ2n) is 3.22. The summed E-state index contributed by atoms with van der Waals surface area (Å²) in [7, 11) is -3.80. The summed E-state index contributed by atoms with van der Waals surface area (Å²) in [6.07, 6.45) is 0. The molecule has 0 aliphatic carbocycles. The second-order valence-corrected chi connectivity index (χ2v) is 6.14. The van der Waals surface area contributed by atoms with Crippen LogP contribution in [0.1, 0.15) is 12.5 Å². The Morgan fingerprint density at radius 2 is 2.06 bits per heavy atom. The van der Waals surface area contributed by atoms with Crippen LogP contribution in [0.15, 0.2) is 22.7 Å². The van der Waals surface area contributed by atoms with E-state index in [-0.39, 0.29) is 11.3 Å². The third-order valence-corrected chi connectivity index (χ3v) is 4.04. The van der Waals surface area contributed by atoms with Crippen molar-refractivity contribution in [2.24, 2.45) is 0 Å². The van der Waals surface area contributed by atoms with Crippen LogP contribution in [0.25, 0.3) is 0 Å². The molecule has 1 rings (SSSR count). The highest BCUT2D eigenvalue weighted by molar-refractivity contribution is 9.10. The molecule has 0 radical (unpaired) electrons. The van der Waals surface area contributed by atoms with Crippen LogP contribution in [0.5, 0.6) is 0 Å². The Labute approximate surface area is 108 Å². The normalized spacial score (nSPS) is 12.2. The number of hydrogen-bond donors (Lipinski definition) is 1. The van der Waals surface area contributed by atoms with Gasteiger partial charge in [-0.25, -0.2) is 8.42 Å². The first kappa shape index (κ1) is 13.5. The van der Waals surface area contributed by atoms with E-state index >= 15 is 0 Å².